The molecule has 1 N–H and O–H groups in total. The van der Waals surface area contributed by atoms with Crippen LogP contribution in [0.2, 0.25) is 0 Å². The Kier molecular flexibility index (Phi) is 4.74. The van der Waals surface area contributed by atoms with Crippen LogP contribution in [0, 0.1) is 0 Å². The molecule has 0 aromatic heterocycles. The Morgan fingerprint density at radius 2 is 1.85 bits per heavy atom. The van der Waals surface area contributed by atoms with Gasteiger partial charge < -0.3 is 5.11 Å². The maximum atomic E-state index is 10.8. The fraction of sp³-hybridized carbons (Fsp3) is 0.353. The number of carbonyl (C=O) groups is 1. The third kappa shape index (κ3) is 3.58. The molecule has 0 radical (unpaired) electrons. The molecular weight excluding hydrogens is 250 g/mol. The molecule has 0 saturated heterocycles. The summed E-state index contributed by atoms with van der Waals surface area (Å²) >= 11 is 0. The van der Waals surface area contributed by atoms with E-state index in [1.54, 1.807) is 0 Å². The van der Waals surface area contributed by atoms with Gasteiger partial charge >= 0.3 is 5.97 Å². The number of hydrogen-bond acceptors (Lipinski definition) is 2. The van der Waals surface area contributed by atoms with Crippen LogP contribution < -0.4 is 0 Å². The average Bonchev–Trinajstić information content (AvgIpc) is 2.43. The van der Waals surface area contributed by atoms with Gasteiger partial charge in [-0.25, -0.2) is 0 Å². The molecule has 0 aliphatic rings. The van der Waals surface area contributed by atoms with Gasteiger partial charge in [0.25, 0.3) is 0 Å². The van der Waals surface area contributed by atoms with E-state index >= 15 is 0 Å². The van der Waals surface area contributed by atoms with Gasteiger partial charge in [0.2, 0.25) is 0 Å². The molecule has 0 unspecified atom stereocenters. The van der Waals surface area contributed by atoms with Crippen LogP contribution in [0.3, 0.4) is 0 Å². The molecule has 2 aromatic rings. The van der Waals surface area contributed by atoms with Crippen LogP contribution in [-0.2, 0) is 11.3 Å². The number of carboxylic acid groups (broad SMARTS) is 1. The molecule has 2 rings (SSSR count). The molecule has 2 aromatic carbocycles. The van der Waals surface area contributed by atoms with Crippen molar-refractivity contribution in [2.24, 2.45) is 0 Å². The number of hydrogen-bond donors (Lipinski definition) is 1. The van der Waals surface area contributed by atoms with Crippen LogP contribution in [0.4, 0.5) is 0 Å². The molecular formula is C17H21NO2. The normalized spacial score (nSPS) is 11.4. The molecule has 3 nitrogen and oxygen atoms in total. The zero-order valence-corrected chi connectivity index (χ0v) is 12.0. The van der Waals surface area contributed by atoms with Crippen LogP contribution in [0.25, 0.3) is 10.8 Å². The van der Waals surface area contributed by atoms with Gasteiger partial charge in [-0.2, -0.15) is 0 Å². The summed E-state index contributed by atoms with van der Waals surface area (Å²) in [4.78, 5) is 13.0. The summed E-state index contributed by atoms with van der Waals surface area (Å²) in [5, 5.41) is 11.3. The summed E-state index contributed by atoms with van der Waals surface area (Å²) in [6.07, 6.45) is 0.183. The first-order valence-corrected chi connectivity index (χ1v) is 7.00. The van der Waals surface area contributed by atoms with Crippen LogP contribution >= 0.6 is 0 Å². The number of carboxylic acids is 1. The molecule has 0 aliphatic heterocycles. The molecule has 0 atom stereocenters. The van der Waals surface area contributed by atoms with E-state index < -0.39 is 5.97 Å². The van der Waals surface area contributed by atoms with E-state index in [1.807, 2.05) is 12.1 Å². The third-order valence-corrected chi connectivity index (χ3v) is 3.60. The summed E-state index contributed by atoms with van der Waals surface area (Å²) in [6, 6.07) is 14.9. The van der Waals surface area contributed by atoms with Gasteiger partial charge in [0.15, 0.2) is 0 Å². The number of nitrogens with zero attached hydrogens (tertiary/aromatic N) is 1. The number of fused-ring (bicyclic) bond motifs is 1. The first-order valence-electron chi connectivity index (χ1n) is 7.00. The van der Waals surface area contributed by atoms with Gasteiger partial charge in [0.05, 0.1) is 6.42 Å². The molecule has 20 heavy (non-hydrogen) atoms. The lowest BCUT2D eigenvalue weighted by Gasteiger charge is -2.26. The summed E-state index contributed by atoms with van der Waals surface area (Å²) in [7, 11) is 0. The maximum absolute atomic E-state index is 10.8. The highest BCUT2D eigenvalue weighted by molar-refractivity contribution is 5.85. The van der Waals surface area contributed by atoms with Crippen LogP contribution in [0.15, 0.2) is 42.5 Å². The molecule has 106 valence electrons. The first kappa shape index (κ1) is 14.5. The van der Waals surface area contributed by atoms with E-state index in [-0.39, 0.29) is 6.42 Å². The number of benzene rings is 2. The summed E-state index contributed by atoms with van der Waals surface area (Å²) < 4.78 is 0. The number of rotatable bonds is 6. The predicted octanol–water partition coefficient (Wildman–Crippen LogP) is 3.52. The largest absolute Gasteiger partial charge is 0.481 e. The van der Waals surface area contributed by atoms with Crippen molar-refractivity contribution in [3.8, 4) is 0 Å². The highest BCUT2D eigenvalue weighted by Crippen LogP contribution is 2.20. The second kappa shape index (κ2) is 6.53. The second-order valence-electron chi connectivity index (χ2n) is 5.35. The van der Waals surface area contributed by atoms with Crippen molar-refractivity contribution >= 4 is 16.7 Å². The van der Waals surface area contributed by atoms with Crippen LogP contribution in [0.1, 0.15) is 25.8 Å². The van der Waals surface area contributed by atoms with E-state index in [9.17, 15) is 4.79 Å². The van der Waals surface area contributed by atoms with Gasteiger partial charge in [-0.1, -0.05) is 42.5 Å². The molecule has 0 aliphatic carbocycles. The minimum atomic E-state index is -0.742. The monoisotopic (exact) mass is 271 g/mol. The zero-order valence-electron chi connectivity index (χ0n) is 12.0. The molecule has 0 saturated carbocycles. The van der Waals surface area contributed by atoms with Crippen molar-refractivity contribution in [1.82, 2.24) is 4.90 Å². The lowest BCUT2D eigenvalue weighted by atomic mass is 10.0. The Bertz CT molecular complexity index is 587. The number of aliphatic carboxylic acids is 1. The van der Waals surface area contributed by atoms with Crippen molar-refractivity contribution in [2.45, 2.75) is 32.9 Å². The topological polar surface area (TPSA) is 40.5 Å². The van der Waals surface area contributed by atoms with Gasteiger partial charge in [-0.15, -0.1) is 0 Å². The standard InChI is InChI=1S/C17H21NO2/c1-13(2)18(11-10-17(19)20)12-15-8-5-7-14-6-3-4-9-16(14)15/h3-9,13H,10-12H2,1-2H3,(H,19,20). The van der Waals surface area contributed by atoms with Crippen molar-refractivity contribution in [3.05, 3.63) is 48.0 Å². The van der Waals surface area contributed by atoms with Gasteiger partial charge in [-0.3, -0.25) is 9.69 Å². The fourth-order valence-electron chi connectivity index (χ4n) is 2.41. The quantitative estimate of drug-likeness (QED) is 0.873. The average molecular weight is 271 g/mol. The lowest BCUT2D eigenvalue weighted by Crippen LogP contribution is -2.32. The minimum Gasteiger partial charge on any atom is -0.481 e. The smallest absolute Gasteiger partial charge is 0.304 e. The molecule has 0 bridgehead atoms. The Hall–Kier alpha value is -1.87. The van der Waals surface area contributed by atoms with Crippen molar-refractivity contribution < 1.29 is 9.90 Å². The Balaban J connectivity index is 2.22. The third-order valence-electron chi connectivity index (χ3n) is 3.60. The fourth-order valence-corrected chi connectivity index (χ4v) is 2.41. The molecule has 0 amide bonds. The van der Waals surface area contributed by atoms with Gasteiger partial charge in [0, 0.05) is 19.1 Å². The SMILES string of the molecule is CC(C)N(CCC(=O)O)Cc1cccc2ccccc12. The van der Waals surface area contributed by atoms with Crippen LogP contribution in [-0.4, -0.2) is 28.6 Å². The molecule has 0 heterocycles. The maximum Gasteiger partial charge on any atom is 0.304 e. The molecule has 3 heteroatoms. The predicted molar refractivity (Wildman–Crippen MR) is 81.7 cm³/mol. The van der Waals surface area contributed by atoms with E-state index in [0.717, 1.165) is 6.54 Å². The summed E-state index contributed by atoms with van der Waals surface area (Å²) in [6.45, 7) is 5.57. The van der Waals surface area contributed by atoms with Crippen LogP contribution in [0.5, 0.6) is 0 Å². The Labute approximate surface area is 119 Å². The van der Waals surface area contributed by atoms with Gasteiger partial charge in [0.1, 0.15) is 0 Å². The van der Waals surface area contributed by atoms with Crippen molar-refractivity contribution in [1.29, 1.82) is 0 Å². The summed E-state index contributed by atoms with van der Waals surface area (Å²) in [5.74, 6) is -0.742. The second-order valence-corrected chi connectivity index (χ2v) is 5.35. The van der Waals surface area contributed by atoms with Crippen molar-refractivity contribution in [2.75, 3.05) is 6.54 Å². The summed E-state index contributed by atoms with van der Waals surface area (Å²) in [5.41, 5.74) is 1.25. The molecule has 0 fully saturated rings. The lowest BCUT2D eigenvalue weighted by molar-refractivity contribution is -0.137. The Morgan fingerprint density at radius 1 is 1.15 bits per heavy atom. The van der Waals surface area contributed by atoms with Gasteiger partial charge in [-0.05, 0) is 30.2 Å². The van der Waals surface area contributed by atoms with E-state index in [4.69, 9.17) is 5.11 Å². The minimum absolute atomic E-state index is 0.183. The highest BCUT2D eigenvalue weighted by Gasteiger charge is 2.13. The van der Waals surface area contributed by atoms with Crippen molar-refractivity contribution in [3.63, 3.8) is 0 Å². The van der Waals surface area contributed by atoms with E-state index in [1.165, 1.54) is 16.3 Å². The first-order chi connectivity index (χ1) is 9.58. The Morgan fingerprint density at radius 3 is 2.55 bits per heavy atom. The zero-order chi connectivity index (χ0) is 14.5. The highest BCUT2D eigenvalue weighted by atomic mass is 16.4. The molecule has 0 spiro atoms. The van der Waals surface area contributed by atoms with E-state index in [0.29, 0.717) is 12.6 Å². The van der Waals surface area contributed by atoms with E-state index in [2.05, 4.69) is 49.1 Å².